The first-order valence-electron chi connectivity index (χ1n) is 9.84. The minimum atomic E-state index is -0.331. The Morgan fingerprint density at radius 2 is 1.90 bits per heavy atom. The Bertz CT molecular complexity index is 912. The second-order valence-corrected chi connectivity index (χ2v) is 7.22. The van der Waals surface area contributed by atoms with Gasteiger partial charge in [-0.2, -0.15) is 0 Å². The molecule has 3 rings (SSSR count). The molecule has 1 amide bonds. The molecule has 1 N–H and O–H groups in total. The highest BCUT2D eigenvalue weighted by atomic mass is 16.5. The van der Waals surface area contributed by atoms with Crippen molar-refractivity contribution in [3.63, 3.8) is 0 Å². The number of amides is 1. The number of oxazole rings is 1. The minimum Gasteiger partial charge on any atom is -0.461 e. The van der Waals surface area contributed by atoms with Gasteiger partial charge in [0.05, 0.1) is 6.42 Å². The van der Waals surface area contributed by atoms with Crippen LogP contribution in [0.2, 0.25) is 0 Å². The third-order valence-electron chi connectivity index (χ3n) is 4.55. The predicted octanol–water partition coefficient (Wildman–Crippen LogP) is 4.09. The molecule has 0 spiro atoms. The van der Waals surface area contributed by atoms with E-state index in [4.69, 9.17) is 9.15 Å². The largest absolute Gasteiger partial charge is 0.461 e. The smallest absolute Gasteiger partial charge is 0.306 e. The molecule has 29 heavy (non-hydrogen) atoms. The molecule has 0 aliphatic carbocycles. The number of hydrogen-bond acceptors (Lipinski definition) is 5. The first-order chi connectivity index (χ1) is 14.0. The Labute approximate surface area is 170 Å². The molecule has 2 aromatic rings. The number of carbonyl (C=O) groups excluding carboxylic acids is 2. The maximum atomic E-state index is 12.7. The first kappa shape index (κ1) is 20.6. The topological polar surface area (TPSA) is 81.4 Å². The number of carbonyl (C=O) groups is 2. The fourth-order valence-corrected chi connectivity index (χ4v) is 3.12. The molecule has 1 aromatic heterocycles. The predicted molar refractivity (Wildman–Crippen MR) is 110 cm³/mol. The third-order valence-corrected chi connectivity index (χ3v) is 4.55. The number of allylic oxidation sites excluding steroid dienone is 2. The molecule has 0 saturated carbocycles. The molecule has 0 saturated heterocycles. The number of nitrogens with one attached hydrogen (secondary N) is 1. The van der Waals surface area contributed by atoms with Crippen LogP contribution in [0.25, 0.3) is 11.3 Å². The normalized spacial score (nSPS) is 22.0. The number of rotatable bonds is 1. The molecule has 1 atom stereocenters. The van der Waals surface area contributed by atoms with Crippen molar-refractivity contribution in [2.24, 2.45) is 5.92 Å². The van der Waals surface area contributed by atoms with E-state index in [1.807, 2.05) is 49.4 Å². The zero-order valence-corrected chi connectivity index (χ0v) is 16.8. The molecule has 6 heteroatoms. The Balaban J connectivity index is 1.85. The summed E-state index contributed by atoms with van der Waals surface area (Å²) in [7, 11) is 0. The fraction of sp³-hybridized carbons (Fsp3) is 0.348. The number of esters is 1. The number of ether oxygens (including phenoxy) is 1. The van der Waals surface area contributed by atoms with Gasteiger partial charge in [-0.15, -0.1) is 0 Å². The van der Waals surface area contributed by atoms with Crippen LogP contribution in [0.5, 0.6) is 0 Å². The summed E-state index contributed by atoms with van der Waals surface area (Å²) < 4.78 is 11.1. The lowest BCUT2D eigenvalue weighted by Crippen LogP contribution is -2.23. The van der Waals surface area contributed by atoms with E-state index in [0.717, 1.165) is 17.6 Å². The standard InChI is InChI=1S/C23H26N2O4/c1-16-8-6-7-13-24-23(27)22-21(18-9-4-3-5-10-18)25-19(29-22)11-12-20(26)28-15-17(2)14-16/h3-7,9-10,14,16H,8,11-13,15H2,1-2H3,(H,24,27)/b7-6-,17-14+. The lowest BCUT2D eigenvalue weighted by atomic mass is 10.0. The van der Waals surface area contributed by atoms with Crippen LogP contribution >= 0.6 is 0 Å². The Morgan fingerprint density at radius 1 is 1.10 bits per heavy atom. The summed E-state index contributed by atoms with van der Waals surface area (Å²) in [5.41, 5.74) is 2.28. The van der Waals surface area contributed by atoms with Crippen LogP contribution < -0.4 is 5.32 Å². The summed E-state index contributed by atoms with van der Waals surface area (Å²) in [6, 6.07) is 9.39. The van der Waals surface area contributed by atoms with Crippen molar-refractivity contribution in [2.45, 2.75) is 33.1 Å². The summed E-state index contributed by atoms with van der Waals surface area (Å²) in [6.07, 6.45) is 7.30. The molecule has 1 aromatic carbocycles. The van der Waals surface area contributed by atoms with E-state index >= 15 is 0 Å². The SMILES string of the molecule is C/C1=C\C(C)C/C=C\CNC(=O)c2oc(nc2-c2ccccc2)CCC(=O)OC1. The van der Waals surface area contributed by atoms with Gasteiger partial charge in [-0.25, -0.2) is 4.98 Å². The molecule has 1 unspecified atom stereocenters. The fourth-order valence-electron chi connectivity index (χ4n) is 3.12. The van der Waals surface area contributed by atoms with E-state index in [1.165, 1.54) is 0 Å². The number of fused-ring (bicyclic) bond motifs is 2. The van der Waals surface area contributed by atoms with Gasteiger partial charge >= 0.3 is 5.97 Å². The van der Waals surface area contributed by atoms with Crippen molar-refractivity contribution in [2.75, 3.05) is 13.2 Å². The van der Waals surface area contributed by atoms with E-state index in [-0.39, 0.29) is 37.1 Å². The van der Waals surface area contributed by atoms with E-state index in [1.54, 1.807) is 0 Å². The molecule has 2 bridgehead atoms. The molecule has 0 radical (unpaired) electrons. The Kier molecular flexibility index (Phi) is 7.00. The highest BCUT2D eigenvalue weighted by molar-refractivity contribution is 5.97. The van der Waals surface area contributed by atoms with Crippen LogP contribution in [0.15, 0.2) is 58.6 Å². The van der Waals surface area contributed by atoms with E-state index in [9.17, 15) is 9.59 Å². The van der Waals surface area contributed by atoms with E-state index < -0.39 is 0 Å². The van der Waals surface area contributed by atoms with Gasteiger partial charge in [0.1, 0.15) is 12.3 Å². The van der Waals surface area contributed by atoms with Gasteiger partial charge < -0.3 is 14.5 Å². The van der Waals surface area contributed by atoms with Gasteiger partial charge in [-0.05, 0) is 24.8 Å². The van der Waals surface area contributed by atoms with Gasteiger partial charge in [-0.1, -0.05) is 55.5 Å². The third kappa shape index (κ3) is 5.91. The van der Waals surface area contributed by atoms with Crippen molar-refractivity contribution in [1.29, 1.82) is 0 Å². The lowest BCUT2D eigenvalue weighted by molar-refractivity contribution is -0.142. The summed E-state index contributed by atoms with van der Waals surface area (Å²) in [5.74, 6) is 0.162. The zero-order chi connectivity index (χ0) is 20.6. The number of aromatic nitrogens is 1. The van der Waals surface area contributed by atoms with Crippen LogP contribution in [0.3, 0.4) is 0 Å². The summed E-state index contributed by atoms with van der Waals surface area (Å²) in [6.45, 7) is 4.73. The Morgan fingerprint density at radius 3 is 2.69 bits per heavy atom. The molecular formula is C23H26N2O4. The quantitative estimate of drug-likeness (QED) is 0.582. The highest BCUT2D eigenvalue weighted by Gasteiger charge is 2.21. The second-order valence-electron chi connectivity index (χ2n) is 7.22. The zero-order valence-electron chi connectivity index (χ0n) is 16.8. The number of benzene rings is 1. The van der Waals surface area contributed by atoms with Gasteiger partial charge in [0.15, 0.2) is 5.89 Å². The number of aryl methyl sites for hydroxylation is 1. The average Bonchev–Trinajstić information content (AvgIpc) is 3.15. The molecule has 1 aliphatic rings. The van der Waals surface area contributed by atoms with E-state index in [0.29, 0.717) is 24.0 Å². The van der Waals surface area contributed by atoms with Gasteiger partial charge in [0, 0.05) is 18.5 Å². The summed E-state index contributed by atoms with van der Waals surface area (Å²) >= 11 is 0. The van der Waals surface area contributed by atoms with Crippen molar-refractivity contribution in [3.8, 4) is 11.3 Å². The maximum Gasteiger partial charge on any atom is 0.306 e. The molecule has 2 heterocycles. The van der Waals surface area contributed by atoms with Crippen molar-refractivity contribution in [3.05, 3.63) is 65.8 Å². The second kappa shape index (κ2) is 9.87. The molecule has 0 fully saturated rings. The number of cyclic esters (lactones) is 1. The molecule has 152 valence electrons. The maximum absolute atomic E-state index is 12.7. The van der Waals surface area contributed by atoms with Crippen LogP contribution in [0, 0.1) is 5.92 Å². The monoisotopic (exact) mass is 394 g/mol. The Hall–Kier alpha value is -3.15. The van der Waals surface area contributed by atoms with Crippen LogP contribution in [-0.4, -0.2) is 30.0 Å². The first-order valence-corrected chi connectivity index (χ1v) is 9.84. The van der Waals surface area contributed by atoms with Crippen LogP contribution in [-0.2, 0) is 16.0 Å². The molecule has 1 aliphatic heterocycles. The molecule has 6 nitrogen and oxygen atoms in total. The van der Waals surface area contributed by atoms with E-state index in [2.05, 4.69) is 23.3 Å². The van der Waals surface area contributed by atoms with Crippen molar-refractivity contribution in [1.82, 2.24) is 10.3 Å². The summed E-state index contributed by atoms with van der Waals surface area (Å²) in [5, 5.41) is 2.85. The van der Waals surface area contributed by atoms with Crippen LogP contribution in [0.4, 0.5) is 0 Å². The minimum absolute atomic E-state index is 0.139. The van der Waals surface area contributed by atoms with Gasteiger partial charge in [0.25, 0.3) is 5.91 Å². The van der Waals surface area contributed by atoms with Crippen LogP contribution in [0.1, 0.15) is 43.1 Å². The summed E-state index contributed by atoms with van der Waals surface area (Å²) in [4.78, 5) is 29.2. The van der Waals surface area contributed by atoms with Crippen molar-refractivity contribution >= 4 is 11.9 Å². The van der Waals surface area contributed by atoms with Gasteiger partial charge in [-0.3, -0.25) is 9.59 Å². The van der Waals surface area contributed by atoms with Crippen molar-refractivity contribution < 1.29 is 18.7 Å². The lowest BCUT2D eigenvalue weighted by Gasteiger charge is -2.07. The number of nitrogens with zero attached hydrogens (tertiary/aromatic N) is 1. The highest BCUT2D eigenvalue weighted by Crippen LogP contribution is 2.24. The average molecular weight is 394 g/mol. The molecular weight excluding hydrogens is 368 g/mol. The van der Waals surface area contributed by atoms with Gasteiger partial charge in [0.2, 0.25) is 5.76 Å². The number of hydrogen-bond donors (Lipinski definition) is 1.